The van der Waals surface area contributed by atoms with E-state index in [0.717, 1.165) is 24.5 Å². The van der Waals surface area contributed by atoms with Crippen molar-refractivity contribution in [2.75, 3.05) is 12.9 Å². The molecule has 146 valence electrons. The number of amides is 2. The van der Waals surface area contributed by atoms with Crippen molar-refractivity contribution >= 4 is 33.3 Å². The number of ether oxygens (including phenoxy) is 1. The molecule has 2 aromatic rings. The van der Waals surface area contributed by atoms with E-state index in [-0.39, 0.29) is 11.1 Å². The lowest BCUT2D eigenvalue weighted by Crippen LogP contribution is -2.34. The Balaban J connectivity index is 2.05. The number of nitro benzene ring substituents is 1. The molecule has 0 bridgehead atoms. The minimum absolute atomic E-state index is 0.231. The molecule has 0 saturated heterocycles. The minimum Gasteiger partial charge on any atom is -0.452 e. The van der Waals surface area contributed by atoms with Gasteiger partial charge in [0.15, 0.2) is 16.4 Å². The second-order valence-electron chi connectivity index (χ2n) is 5.53. The molecule has 2 rings (SSSR count). The Bertz CT molecular complexity index is 1050. The molecule has 0 aliphatic rings. The number of imide groups is 1. The SMILES string of the molecule is CS(=O)(=O)c1ccc(C(=O)OCC(=O)NC(=O)c2ccccc2)cc1[N+](=O)[O-]. The molecule has 10 nitrogen and oxygen atoms in total. The van der Waals surface area contributed by atoms with E-state index >= 15 is 0 Å². The number of hydrogen-bond donors (Lipinski definition) is 1. The summed E-state index contributed by atoms with van der Waals surface area (Å²) in [7, 11) is -3.88. The average molecular weight is 406 g/mol. The molecule has 28 heavy (non-hydrogen) atoms. The van der Waals surface area contributed by atoms with E-state index in [1.165, 1.54) is 12.1 Å². The maximum atomic E-state index is 12.0. The lowest BCUT2D eigenvalue weighted by molar-refractivity contribution is -0.387. The van der Waals surface area contributed by atoms with Crippen LogP contribution in [0.15, 0.2) is 53.4 Å². The van der Waals surface area contributed by atoms with Crippen LogP contribution in [0.25, 0.3) is 0 Å². The molecule has 0 atom stereocenters. The molecule has 0 saturated carbocycles. The van der Waals surface area contributed by atoms with E-state index in [9.17, 15) is 32.9 Å². The Hall–Kier alpha value is -3.60. The third-order valence-corrected chi connectivity index (χ3v) is 4.56. The third-order valence-electron chi connectivity index (χ3n) is 3.41. The summed E-state index contributed by atoms with van der Waals surface area (Å²) in [4.78, 5) is 45.1. The topological polar surface area (TPSA) is 150 Å². The van der Waals surface area contributed by atoms with Crippen molar-refractivity contribution in [2.45, 2.75) is 4.90 Å². The van der Waals surface area contributed by atoms with Gasteiger partial charge in [-0.25, -0.2) is 13.2 Å². The van der Waals surface area contributed by atoms with Crippen LogP contribution in [0.5, 0.6) is 0 Å². The molecule has 2 amide bonds. The van der Waals surface area contributed by atoms with E-state index in [1.54, 1.807) is 18.2 Å². The fourth-order valence-electron chi connectivity index (χ4n) is 2.14. The fourth-order valence-corrected chi connectivity index (χ4v) is 2.97. The molecular formula is C17H14N2O8S. The summed E-state index contributed by atoms with van der Waals surface area (Å²) in [6.45, 7) is -0.807. The number of benzene rings is 2. The summed E-state index contributed by atoms with van der Waals surface area (Å²) in [6, 6.07) is 10.5. The van der Waals surface area contributed by atoms with Gasteiger partial charge in [-0.3, -0.25) is 25.0 Å². The monoisotopic (exact) mass is 406 g/mol. The normalized spacial score (nSPS) is 10.8. The van der Waals surface area contributed by atoms with E-state index in [2.05, 4.69) is 0 Å². The Morgan fingerprint density at radius 2 is 1.71 bits per heavy atom. The number of hydrogen-bond acceptors (Lipinski definition) is 8. The minimum atomic E-state index is -3.88. The molecule has 2 aromatic carbocycles. The van der Waals surface area contributed by atoms with Crippen LogP contribution in [-0.2, 0) is 19.4 Å². The van der Waals surface area contributed by atoms with E-state index in [1.807, 2.05) is 5.32 Å². The van der Waals surface area contributed by atoms with Gasteiger partial charge in [-0.1, -0.05) is 18.2 Å². The van der Waals surface area contributed by atoms with Crippen molar-refractivity contribution in [3.8, 4) is 0 Å². The second-order valence-corrected chi connectivity index (χ2v) is 7.52. The molecule has 0 aliphatic carbocycles. The van der Waals surface area contributed by atoms with Crippen LogP contribution >= 0.6 is 0 Å². The lowest BCUT2D eigenvalue weighted by Gasteiger charge is -2.07. The van der Waals surface area contributed by atoms with Gasteiger partial charge in [-0.05, 0) is 24.3 Å². The Morgan fingerprint density at radius 1 is 1.07 bits per heavy atom. The summed E-state index contributed by atoms with van der Waals surface area (Å²) in [5.41, 5.74) is -0.879. The van der Waals surface area contributed by atoms with Gasteiger partial charge < -0.3 is 4.74 Å². The van der Waals surface area contributed by atoms with Crippen LogP contribution in [0.1, 0.15) is 20.7 Å². The standard InChI is InChI=1S/C17H14N2O8S/c1-28(25,26)14-8-7-12(9-13(14)19(23)24)17(22)27-10-15(20)18-16(21)11-5-3-2-4-6-11/h2-9H,10H2,1H3,(H,18,20,21). The van der Waals surface area contributed by atoms with Crippen molar-refractivity contribution in [3.05, 3.63) is 69.8 Å². The number of nitrogens with one attached hydrogen (secondary N) is 1. The van der Waals surface area contributed by atoms with Crippen LogP contribution < -0.4 is 5.32 Å². The molecule has 0 unspecified atom stereocenters. The van der Waals surface area contributed by atoms with Gasteiger partial charge in [-0.2, -0.15) is 0 Å². The highest BCUT2D eigenvalue weighted by Crippen LogP contribution is 2.25. The van der Waals surface area contributed by atoms with Gasteiger partial charge in [-0.15, -0.1) is 0 Å². The van der Waals surface area contributed by atoms with E-state index < -0.39 is 49.7 Å². The Morgan fingerprint density at radius 3 is 2.29 bits per heavy atom. The summed E-state index contributed by atoms with van der Waals surface area (Å²) in [5.74, 6) is -2.68. The first-order valence-corrected chi connectivity index (χ1v) is 9.53. The Kier molecular flexibility index (Phi) is 6.21. The lowest BCUT2D eigenvalue weighted by atomic mass is 10.2. The van der Waals surface area contributed by atoms with Crippen molar-refractivity contribution in [1.82, 2.24) is 5.32 Å². The van der Waals surface area contributed by atoms with Gasteiger partial charge in [0, 0.05) is 17.9 Å². The molecule has 0 radical (unpaired) electrons. The number of nitro groups is 1. The molecule has 0 aromatic heterocycles. The average Bonchev–Trinajstić information content (AvgIpc) is 2.65. The highest BCUT2D eigenvalue weighted by Gasteiger charge is 2.24. The fraction of sp³-hybridized carbons (Fsp3) is 0.118. The van der Waals surface area contributed by atoms with E-state index in [0.29, 0.717) is 0 Å². The first-order chi connectivity index (χ1) is 13.1. The van der Waals surface area contributed by atoms with Crippen LogP contribution in [0.2, 0.25) is 0 Å². The first-order valence-electron chi connectivity index (χ1n) is 7.64. The first kappa shape index (κ1) is 20.7. The van der Waals surface area contributed by atoms with Gasteiger partial charge in [0.1, 0.15) is 4.90 Å². The number of sulfone groups is 1. The van der Waals surface area contributed by atoms with Crippen LogP contribution in [0, 0.1) is 10.1 Å². The summed E-state index contributed by atoms with van der Waals surface area (Å²) < 4.78 is 27.8. The largest absolute Gasteiger partial charge is 0.452 e. The smallest absolute Gasteiger partial charge is 0.338 e. The zero-order valence-corrected chi connectivity index (χ0v) is 15.3. The van der Waals surface area contributed by atoms with Gasteiger partial charge in [0.2, 0.25) is 0 Å². The molecule has 0 heterocycles. The molecular weight excluding hydrogens is 392 g/mol. The van der Waals surface area contributed by atoms with E-state index in [4.69, 9.17) is 4.74 Å². The Labute approximate surface area is 159 Å². The zero-order chi connectivity index (χ0) is 20.9. The second kappa shape index (κ2) is 8.39. The molecule has 11 heteroatoms. The zero-order valence-electron chi connectivity index (χ0n) is 14.4. The molecule has 0 aliphatic heterocycles. The van der Waals surface area contributed by atoms with Crippen LogP contribution in [-0.4, -0.2) is 44.0 Å². The molecule has 1 N–H and O–H groups in total. The van der Waals surface area contributed by atoms with Crippen molar-refractivity contribution in [2.24, 2.45) is 0 Å². The summed E-state index contributed by atoms with van der Waals surface area (Å²) in [5, 5.41) is 13.1. The molecule has 0 fully saturated rings. The maximum absolute atomic E-state index is 12.0. The maximum Gasteiger partial charge on any atom is 0.338 e. The van der Waals surface area contributed by atoms with Crippen molar-refractivity contribution < 1.29 is 32.5 Å². The van der Waals surface area contributed by atoms with Crippen LogP contribution in [0.4, 0.5) is 5.69 Å². The quantitative estimate of drug-likeness (QED) is 0.426. The summed E-state index contributed by atoms with van der Waals surface area (Å²) >= 11 is 0. The number of esters is 1. The predicted molar refractivity (Wildman–Crippen MR) is 95.4 cm³/mol. The third kappa shape index (κ3) is 5.20. The number of carbonyl (C=O) groups is 3. The van der Waals surface area contributed by atoms with Gasteiger partial charge in [0.25, 0.3) is 17.5 Å². The number of nitrogens with zero attached hydrogens (tertiary/aromatic N) is 1. The van der Waals surface area contributed by atoms with Crippen molar-refractivity contribution in [1.29, 1.82) is 0 Å². The molecule has 0 spiro atoms. The number of rotatable bonds is 6. The van der Waals surface area contributed by atoms with Gasteiger partial charge >= 0.3 is 5.97 Å². The predicted octanol–water partition coefficient (Wildman–Crippen LogP) is 1.11. The summed E-state index contributed by atoms with van der Waals surface area (Å²) in [6.07, 6.45) is 0.793. The van der Waals surface area contributed by atoms with Gasteiger partial charge in [0.05, 0.1) is 10.5 Å². The highest BCUT2D eigenvalue weighted by molar-refractivity contribution is 7.90. The number of carbonyl (C=O) groups excluding carboxylic acids is 3. The highest BCUT2D eigenvalue weighted by atomic mass is 32.2. The van der Waals surface area contributed by atoms with Crippen LogP contribution in [0.3, 0.4) is 0 Å². The van der Waals surface area contributed by atoms with Crippen molar-refractivity contribution in [3.63, 3.8) is 0 Å².